The smallest absolute Gasteiger partial charge is 0.277 e. The Labute approximate surface area is 170 Å². The molecule has 2 aromatic carbocycles. The van der Waals surface area contributed by atoms with E-state index >= 15 is 0 Å². The van der Waals surface area contributed by atoms with Crippen LogP contribution in [0.15, 0.2) is 52.1 Å². The number of aromatic nitrogens is 2. The molecule has 0 saturated carbocycles. The molecule has 0 saturated heterocycles. The molecule has 0 aliphatic heterocycles. The average Bonchev–Trinajstić information content (AvgIpc) is 3.16. The number of nitro groups is 1. The lowest BCUT2D eigenvalue weighted by atomic mass is 10.2. The van der Waals surface area contributed by atoms with Gasteiger partial charge in [-0.3, -0.25) is 14.9 Å². The Bertz CT molecular complexity index is 1050. The maximum Gasteiger partial charge on any atom is 0.277 e. The monoisotopic (exact) mass is 414 g/mol. The number of rotatable bonds is 7. The number of hydrogen-bond acceptors (Lipinski definition) is 8. The van der Waals surface area contributed by atoms with Crippen LogP contribution in [0.25, 0.3) is 11.5 Å². The largest absolute Gasteiger partial charge is 0.495 e. The minimum atomic E-state index is -0.529. The van der Waals surface area contributed by atoms with Crippen molar-refractivity contribution in [2.75, 3.05) is 12.4 Å². The second-order valence-corrected chi connectivity index (χ2v) is 7.43. The molecule has 10 heteroatoms. The molecule has 1 amide bonds. The van der Waals surface area contributed by atoms with Gasteiger partial charge in [0.25, 0.3) is 10.9 Å². The molecule has 3 rings (SSSR count). The number of carbonyl (C=O) groups excluding carboxylic acids is 1. The molecule has 0 spiro atoms. The molecule has 0 aliphatic rings. The number of benzene rings is 2. The zero-order chi connectivity index (χ0) is 21.0. The number of non-ortho nitro benzene ring substituents is 1. The van der Waals surface area contributed by atoms with Gasteiger partial charge in [0.2, 0.25) is 11.8 Å². The van der Waals surface area contributed by atoms with E-state index in [1.165, 1.54) is 25.3 Å². The van der Waals surface area contributed by atoms with Crippen molar-refractivity contribution in [3.63, 3.8) is 0 Å². The van der Waals surface area contributed by atoms with Gasteiger partial charge in [-0.2, -0.15) is 0 Å². The number of methoxy groups -OCH3 is 1. The number of amides is 1. The molecular weight excluding hydrogens is 396 g/mol. The zero-order valence-electron chi connectivity index (χ0n) is 15.9. The van der Waals surface area contributed by atoms with Crippen molar-refractivity contribution in [3.05, 3.63) is 58.1 Å². The third-order valence-electron chi connectivity index (χ3n) is 3.97. The summed E-state index contributed by atoms with van der Waals surface area (Å²) < 4.78 is 10.8. The van der Waals surface area contributed by atoms with E-state index in [4.69, 9.17) is 9.15 Å². The Balaban J connectivity index is 1.69. The van der Waals surface area contributed by atoms with Gasteiger partial charge in [-0.15, -0.1) is 10.2 Å². The molecule has 0 aliphatic carbocycles. The quantitative estimate of drug-likeness (QED) is 0.349. The number of anilines is 1. The van der Waals surface area contributed by atoms with E-state index in [1.807, 2.05) is 19.1 Å². The van der Waals surface area contributed by atoms with Crippen LogP contribution in [0.4, 0.5) is 11.4 Å². The van der Waals surface area contributed by atoms with E-state index in [1.54, 1.807) is 19.1 Å². The highest BCUT2D eigenvalue weighted by atomic mass is 32.2. The average molecular weight is 414 g/mol. The molecule has 1 aromatic heterocycles. The van der Waals surface area contributed by atoms with Gasteiger partial charge < -0.3 is 14.5 Å². The summed E-state index contributed by atoms with van der Waals surface area (Å²) in [7, 11) is 1.53. The van der Waals surface area contributed by atoms with E-state index in [2.05, 4.69) is 15.5 Å². The molecule has 29 heavy (non-hydrogen) atoms. The summed E-state index contributed by atoms with van der Waals surface area (Å²) in [5.74, 6) is 0.449. The van der Waals surface area contributed by atoms with Crippen LogP contribution in [0.5, 0.6) is 5.75 Å². The van der Waals surface area contributed by atoms with Crippen LogP contribution < -0.4 is 10.1 Å². The van der Waals surface area contributed by atoms with Gasteiger partial charge in [0.05, 0.1) is 23.0 Å². The van der Waals surface area contributed by atoms with E-state index < -0.39 is 10.2 Å². The normalized spacial score (nSPS) is 11.7. The summed E-state index contributed by atoms with van der Waals surface area (Å²) in [6, 6.07) is 11.4. The van der Waals surface area contributed by atoms with Crippen molar-refractivity contribution < 1.29 is 18.9 Å². The number of thioether (sulfide) groups is 1. The first-order valence-corrected chi connectivity index (χ1v) is 9.46. The molecule has 3 aromatic rings. The van der Waals surface area contributed by atoms with Crippen molar-refractivity contribution in [2.24, 2.45) is 0 Å². The lowest BCUT2D eigenvalue weighted by molar-refractivity contribution is -0.384. The Kier molecular flexibility index (Phi) is 6.13. The van der Waals surface area contributed by atoms with Crippen molar-refractivity contribution in [3.8, 4) is 17.2 Å². The molecular formula is C19H18N4O5S. The fourth-order valence-corrected chi connectivity index (χ4v) is 3.17. The van der Waals surface area contributed by atoms with E-state index in [0.717, 1.165) is 17.3 Å². The molecule has 0 unspecified atom stereocenters. The maximum atomic E-state index is 12.5. The SMILES string of the molecule is COc1ccc(C)cc1NC(=O)[C@H](C)Sc1nnc(-c2cccc([N+](=O)[O-])c2)o1. The second kappa shape index (κ2) is 8.74. The Morgan fingerprint density at radius 1 is 1.28 bits per heavy atom. The van der Waals surface area contributed by atoms with Gasteiger partial charge >= 0.3 is 0 Å². The zero-order valence-corrected chi connectivity index (χ0v) is 16.7. The highest BCUT2D eigenvalue weighted by Crippen LogP contribution is 2.30. The minimum absolute atomic E-state index is 0.0743. The van der Waals surface area contributed by atoms with Gasteiger partial charge in [-0.05, 0) is 37.6 Å². The van der Waals surface area contributed by atoms with Gasteiger partial charge in [-0.1, -0.05) is 23.9 Å². The fraction of sp³-hybridized carbons (Fsp3) is 0.211. The number of carbonyl (C=O) groups is 1. The predicted octanol–water partition coefficient (Wildman–Crippen LogP) is 4.08. The van der Waals surface area contributed by atoms with E-state index in [-0.39, 0.29) is 22.7 Å². The number of hydrogen-bond donors (Lipinski definition) is 1. The molecule has 150 valence electrons. The standard InChI is InChI=1S/C19H18N4O5S/c1-11-7-8-16(27-3)15(9-11)20-17(24)12(2)29-19-22-21-18(28-19)13-5-4-6-14(10-13)23(25)26/h4-10,12H,1-3H3,(H,20,24)/t12-/m0/s1. The molecule has 1 N–H and O–H groups in total. The highest BCUT2D eigenvalue weighted by Gasteiger charge is 2.20. The van der Waals surface area contributed by atoms with Crippen LogP contribution in [-0.2, 0) is 4.79 Å². The third-order valence-corrected chi connectivity index (χ3v) is 4.90. The van der Waals surface area contributed by atoms with E-state index in [9.17, 15) is 14.9 Å². The van der Waals surface area contributed by atoms with Crippen LogP contribution in [0.1, 0.15) is 12.5 Å². The first-order chi connectivity index (χ1) is 13.9. The van der Waals surface area contributed by atoms with Gasteiger partial charge in [-0.25, -0.2) is 0 Å². The Morgan fingerprint density at radius 2 is 2.07 bits per heavy atom. The Hall–Kier alpha value is -3.40. The summed E-state index contributed by atoms with van der Waals surface area (Å²) >= 11 is 1.09. The lowest BCUT2D eigenvalue weighted by Gasteiger charge is -2.13. The molecule has 0 fully saturated rings. The van der Waals surface area contributed by atoms with Gasteiger partial charge in [0, 0.05) is 17.7 Å². The molecule has 0 radical (unpaired) electrons. The van der Waals surface area contributed by atoms with Crippen LogP contribution in [0, 0.1) is 17.0 Å². The number of ether oxygens (including phenoxy) is 1. The second-order valence-electron chi connectivity index (χ2n) is 6.13. The van der Waals surface area contributed by atoms with Crippen LogP contribution in [-0.4, -0.2) is 33.4 Å². The van der Waals surface area contributed by atoms with Crippen molar-refractivity contribution in [2.45, 2.75) is 24.3 Å². The molecule has 0 bridgehead atoms. The predicted molar refractivity (Wildman–Crippen MR) is 108 cm³/mol. The molecule has 1 heterocycles. The van der Waals surface area contributed by atoms with Crippen LogP contribution in [0.3, 0.4) is 0 Å². The number of nitrogens with zero attached hydrogens (tertiary/aromatic N) is 3. The summed E-state index contributed by atoms with van der Waals surface area (Å²) in [4.78, 5) is 23.0. The maximum absolute atomic E-state index is 12.5. The van der Waals surface area contributed by atoms with Crippen LogP contribution >= 0.6 is 11.8 Å². The van der Waals surface area contributed by atoms with E-state index in [0.29, 0.717) is 17.0 Å². The third kappa shape index (κ3) is 4.91. The van der Waals surface area contributed by atoms with Crippen molar-refractivity contribution >= 4 is 29.0 Å². The van der Waals surface area contributed by atoms with Gasteiger partial charge in [0.15, 0.2) is 0 Å². The minimum Gasteiger partial charge on any atom is -0.495 e. The summed E-state index contributed by atoms with van der Waals surface area (Å²) in [5.41, 5.74) is 1.92. The highest BCUT2D eigenvalue weighted by molar-refractivity contribution is 8.00. The number of nitro benzene ring substituents is 1. The van der Waals surface area contributed by atoms with Crippen molar-refractivity contribution in [1.29, 1.82) is 0 Å². The first kappa shape index (κ1) is 20.3. The van der Waals surface area contributed by atoms with Gasteiger partial charge in [0.1, 0.15) is 5.75 Å². The number of nitrogens with one attached hydrogen (secondary N) is 1. The summed E-state index contributed by atoms with van der Waals surface area (Å²) in [6.45, 7) is 3.63. The summed E-state index contributed by atoms with van der Waals surface area (Å²) in [5, 5.41) is 21.2. The molecule has 9 nitrogen and oxygen atoms in total. The molecule has 1 atom stereocenters. The first-order valence-electron chi connectivity index (χ1n) is 8.58. The topological polar surface area (TPSA) is 120 Å². The number of aryl methyl sites for hydroxylation is 1. The van der Waals surface area contributed by atoms with Crippen molar-refractivity contribution in [1.82, 2.24) is 10.2 Å². The van der Waals surface area contributed by atoms with Crippen LogP contribution in [0.2, 0.25) is 0 Å². The Morgan fingerprint density at radius 3 is 2.79 bits per heavy atom. The lowest BCUT2D eigenvalue weighted by Crippen LogP contribution is -2.22. The summed E-state index contributed by atoms with van der Waals surface area (Å²) in [6.07, 6.45) is 0. The fourth-order valence-electron chi connectivity index (χ4n) is 2.49.